The lowest BCUT2D eigenvalue weighted by Crippen LogP contribution is -2.22. The maximum Gasteiger partial charge on any atom is 0.416 e. The van der Waals surface area contributed by atoms with E-state index in [1.807, 2.05) is 26.0 Å². The summed E-state index contributed by atoms with van der Waals surface area (Å²) >= 11 is 0. The molecule has 0 aliphatic rings. The van der Waals surface area contributed by atoms with Gasteiger partial charge < -0.3 is 15.8 Å². The molecule has 0 aliphatic carbocycles. The van der Waals surface area contributed by atoms with Gasteiger partial charge >= 0.3 is 12.1 Å². The number of alkyl halides is 3. The van der Waals surface area contributed by atoms with E-state index in [1.165, 1.54) is 0 Å². The summed E-state index contributed by atoms with van der Waals surface area (Å²) in [7, 11) is 0. The number of anilines is 2. The van der Waals surface area contributed by atoms with E-state index in [0.717, 1.165) is 23.3 Å². The number of esters is 1. The molecule has 138 valence electrons. The van der Waals surface area contributed by atoms with E-state index in [-0.39, 0.29) is 11.3 Å². The predicted octanol–water partition coefficient (Wildman–Crippen LogP) is 3.70. The fourth-order valence-corrected chi connectivity index (χ4v) is 2.27. The standard InChI is InChI=1S/C18H17F3N2O3/c1-10-3-6-15(11(2)7-10)23-16(24)9-26-17(25)13-5-4-12(8-14(13)22)18(19,20)21/h3-8H,9,22H2,1-2H3,(H,23,24). The van der Waals surface area contributed by atoms with Crippen molar-refractivity contribution in [3.05, 3.63) is 58.7 Å². The van der Waals surface area contributed by atoms with E-state index in [2.05, 4.69) is 5.32 Å². The van der Waals surface area contributed by atoms with Gasteiger partial charge in [0.25, 0.3) is 5.91 Å². The number of aryl methyl sites for hydroxylation is 2. The quantitative estimate of drug-likeness (QED) is 0.639. The molecule has 1 amide bonds. The number of hydrogen-bond donors (Lipinski definition) is 2. The van der Waals surface area contributed by atoms with Gasteiger partial charge in [-0.25, -0.2) is 4.79 Å². The number of benzene rings is 2. The number of carbonyl (C=O) groups excluding carboxylic acids is 2. The zero-order valence-corrected chi connectivity index (χ0v) is 14.1. The third-order valence-corrected chi connectivity index (χ3v) is 3.59. The van der Waals surface area contributed by atoms with Crippen LogP contribution in [0.5, 0.6) is 0 Å². The Morgan fingerprint density at radius 1 is 1.12 bits per heavy atom. The summed E-state index contributed by atoms with van der Waals surface area (Å²) in [6.45, 7) is 3.14. The van der Waals surface area contributed by atoms with Gasteiger partial charge in [0.15, 0.2) is 6.61 Å². The van der Waals surface area contributed by atoms with Crippen LogP contribution in [0.25, 0.3) is 0 Å². The Morgan fingerprint density at radius 2 is 1.81 bits per heavy atom. The smallest absolute Gasteiger partial charge is 0.416 e. The van der Waals surface area contributed by atoms with Crippen LogP contribution in [0.3, 0.4) is 0 Å². The minimum atomic E-state index is -4.57. The van der Waals surface area contributed by atoms with Crippen molar-refractivity contribution in [3.8, 4) is 0 Å². The largest absolute Gasteiger partial charge is 0.452 e. The molecule has 0 radical (unpaired) electrons. The van der Waals surface area contributed by atoms with Crippen LogP contribution < -0.4 is 11.1 Å². The molecule has 2 aromatic carbocycles. The monoisotopic (exact) mass is 366 g/mol. The molecule has 0 heterocycles. The maximum atomic E-state index is 12.6. The number of nitrogen functional groups attached to an aromatic ring is 1. The summed E-state index contributed by atoms with van der Waals surface area (Å²) in [4.78, 5) is 23.8. The van der Waals surface area contributed by atoms with Gasteiger partial charge in [-0.05, 0) is 43.7 Å². The summed E-state index contributed by atoms with van der Waals surface area (Å²) in [6, 6.07) is 7.71. The molecule has 26 heavy (non-hydrogen) atoms. The number of nitrogens with one attached hydrogen (secondary N) is 1. The second-order valence-electron chi connectivity index (χ2n) is 5.74. The topological polar surface area (TPSA) is 81.4 Å². The minimum absolute atomic E-state index is 0.239. The number of ether oxygens (including phenoxy) is 1. The van der Waals surface area contributed by atoms with Crippen LogP contribution in [0.4, 0.5) is 24.5 Å². The lowest BCUT2D eigenvalue weighted by molar-refractivity contribution is -0.137. The van der Waals surface area contributed by atoms with Crippen molar-refractivity contribution in [2.24, 2.45) is 0 Å². The normalized spacial score (nSPS) is 11.1. The Labute approximate surface area is 148 Å². The summed E-state index contributed by atoms with van der Waals surface area (Å²) in [6.07, 6.45) is -4.57. The van der Waals surface area contributed by atoms with E-state index in [1.54, 1.807) is 6.07 Å². The van der Waals surface area contributed by atoms with Gasteiger partial charge in [0.1, 0.15) is 0 Å². The van der Waals surface area contributed by atoms with Crippen LogP contribution in [0.2, 0.25) is 0 Å². The first-order valence-corrected chi connectivity index (χ1v) is 7.59. The van der Waals surface area contributed by atoms with Gasteiger partial charge in [-0.15, -0.1) is 0 Å². The number of nitrogens with two attached hydrogens (primary N) is 1. The van der Waals surface area contributed by atoms with Crippen LogP contribution in [-0.2, 0) is 15.7 Å². The van der Waals surface area contributed by atoms with Gasteiger partial charge in [-0.2, -0.15) is 13.2 Å². The molecule has 3 N–H and O–H groups in total. The third-order valence-electron chi connectivity index (χ3n) is 3.59. The van der Waals surface area contributed by atoms with E-state index in [4.69, 9.17) is 10.5 Å². The zero-order chi connectivity index (χ0) is 19.5. The van der Waals surface area contributed by atoms with Gasteiger partial charge in [-0.1, -0.05) is 17.7 Å². The van der Waals surface area contributed by atoms with Crippen molar-refractivity contribution in [3.63, 3.8) is 0 Å². The van der Waals surface area contributed by atoms with E-state index in [0.29, 0.717) is 11.8 Å². The zero-order valence-electron chi connectivity index (χ0n) is 14.1. The Kier molecular flexibility index (Phi) is 5.54. The van der Waals surface area contributed by atoms with Crippen molar-refractivity contribution in [1.29, 1.82) is 0 Å². The van der Waals surface area contributed by atoms with Crippen molar-refractivity contribution < 1.29 is 27.5 Å². The average molecular weight is 366 g/mol. The molecule has 0 spiro atoms. The van der Waals surface area contributed by atoms with Crippen molar-refractivity contribution >= 4 is 23.3 Å². The fraction of sp³-hybridized carbons (Fsp3) is 0.222. The summed E-state index contributed by atoms with van der Waals surface area (Å²) in [5.41, 5.74) is 6.35. The highest BCUT2D eigenvalue weighted by Gasteiger charge is 2.31. The molecular weight excluding hydrogens is 349 g/mol. The van der Waals surface area contributed by atoms with Crippen molar-refractivity contribution in [2.45, 2.75) is 20.0 Å². The number of carbonyl (C=O) groups is 2. The summed E-state index contributed by atoms with van der Waals surface area (Å²) in [5, 5.41) is 2.59. The van der Waals surface area contributed by atoms with Crippen LogP contribution in [0.1, 0.15) is 27.0 Å². The SMILES string of the molecule is Cc1ccc(NC(=O)COC(=O)c2ccc(C(F)(F)F)cc2N)c(C)c1. The first-order chi connectivity index (χ1) is 12.1. The molecule has 0 atom stereocenters. The third kappa shape index (κ3) is 4.75. The van der Waals surface area contributed by atoms with E-state index in [9.17, 15) is 22.8 Å². The van der Waals surface area contributed by atoms with Gasteiger partial charge in [-0.3, -0.25) is 4.79 Å². The van der Waals surface area contributed by atoms with E-state index >= 15 is 0 Å². The molecule has 5 nitrogen and oxygen atoms in total. The number of hydrogen-bond acceptors (Lipinski definition) is 4. The molecule has 2 aromatic rings. The number of halogens is 3. The molecule has 0 bridgehead atoms. The molecule has 0 aliphatic heterocycles. The maximum absolute atomic E-state index is 12.6. The molecule has 0 fully saturated rings. The van der Waals surface area contributed by atoms with Gasteiger partial charge in [0, 0.05) is 11.4 Å². The molecule has 0 saturated heterocycles. The Hall–Kier alpha value is -3.03. The molecular formula is C18H17F3N2O3. The second-order valence-corrected chi connectivity index (χ2v) is 5.74. The summed E-state index contributed by atoms with van der Waals surface area (Å²) < 4.78 is 42.6. The average Bonchev–Trinajstić information content (AvgIpc) is 2.54. The van der Waals surface area contributed by atoms with Gasteiger partial charge in [0.05, 0.1) is 11.1 Å². The molecule has 0 saturated carbocycles. The van der Waals surface area contributed by atoms with Crippen LogP contribution in [-0.4, -0.2) is 18.5 Å². The second kappa shape index (κ2) is 7.47. The van der Waals surface area contributed by atoms with Gasteiger partial charge in [0.2, 0.25) is 0 Å². The first-order valence-electron chi connectivity index (χ1n) is 7.59. The Bertz CT molecular complexity index is 848. The minimum Gasteiger partial charge on any atom is -0.452 e. The fourth-order valence-electron chi connectivity index (χ4n) is 2.27. The van der Waals surface area contributed by atoms with E-state index < -0.39 is 30.2 Å². The van der Waals surface area contributed by atoms with Crippen LogP contribution in [0, 0.1) is 13.8 Å². The number of rotatable bonds is 4. The lowest BCUT2D eigenvalue weighted by Gasteiger charge is -2.11. The molecule has 8 heteroatoms. The molecule has 0 aromatic heterocycles. The lowest BCUT2D eigenvalue weighted by atomic mass is 10.1. The first kappa shape index (κ1) is 19.3. The van der Waals surface area contributed by atoms with Crippen molar-refractivity contribution in [2.75, 3.05) is 17.7 Å². The molecule has 2 rings (SSSR count). The Balaban J connectivity index is 1.99. The highest BCUT2D eigenvalue weighted by atomic mass is 19.4. The molecule has 0 unspecified atom stereocenters. The van der Waals surface area contributed by atoms with Crippen LogP contribution in [0.15, 0.2) is 36.4 Å². The number of amides is 1. The highest BCUT2D eigenvalue weighted by Crippen LogP contribution is 2.31. The van der Waals surface area contributed by atoms with Crippen LogP contribution >= 0.6 is 0 Å². The predicted molar refractivity (Wildman–Crippen MR) is 90.7 cm³/mol. The van der Waals surface area contributed by atoms with Crippen molar-refractivity contribution in [1.82, 2.24) is 0 Å². The Morgan fingerprint density at radius 3 is 2.38 bits per heavy atom. The highest BCUT2D eigenvalue weighted by molar-refractivity contribution is 5.98. The summed E-state index contributed by atoms with van der Waals surface area (Å²) in [5.74, 6) is -1.55.